The summed E-state index contributed by atoms with van der Waals surface area (Å²) in [6, 6.07) is 5.91. The van der Waals surface area contributed by atoms with Crippen LogP contribution in [0.4, 0.5) is 0 Å². The molecule has 0 aliphatic rings. The summed E-state index contributed by atoms with van der Waals surface area (Å²) in [7, 11) is 0. The average molecular weight is 337 g/mol. The molecule has 0 aromatic heterocycles. The fraction of sp³-hybridized carbons (Fsp3) is 0.632. The van der Waals surface area contributed by atoms with Crippen molar-refractivity contribution in [1.82, 2.24) is 0 Å². The summed E-state index contributed by atoms with van der Waals surface area (Å²) in [6.45, 7) is 8.81. The molecule has 0 radical (unpaired) electrons. The first-order valence-corrected chi connectivity index (χ1v) is 8.71. The molecule has 0 spiro atoms. The second kappa shape index (κ2) is 9.52. The van der Waals surface area contributed by atoms with Gasteiger partial charge in [0.15, 0.2) is 0 Å². The van der Waals surface area contributed by atoms with Gasteiger partial charge in [-0.3, -0.25) is 4.79 Å². The van der Waals surface area contributed by atoms with Crippen LogP contribution in [-0.4, -0.2) is 29.8 Å². The number of nitrogens with two attached hydrogens (primary N) is 1. The van der Waals surface area contributed by atoms with E-state index in [-0.39, 0.29) is 5.92 Å². The van der Waals surface area contributed by atoms with Crippen molar-refractivity contribution in [1.29, 1.82) is 0 Å². The lowest BCUT2D eigenvalue weighted by atomic mass is 9.87. The normalized spacial score (nSPS) is 14.7. The number of carboxylic acids is 1. The molecule has 5 heteroatoms. The van der Waals surface area contributed by atoms with Crippen molar-refractivity contribution in [3.8, 4) is 11.5 Å². The maximum atomic E-state index is 11.1. The first kappa shape index (κ1) is 20.3. The van der Waals surface area contributed by atoms with Gasteiger partial charge in [-0.25, -0.2) is 0 Å². The zero-order valence-corrected chi connectivity index (χ0v) is 15.3. The zero-order valence-electron chi connectivity index (χ0n) is 15.3. The minimum atomic E-state index is -1.16. The maximum Gasteiger partial charge on any atom is 0.323 e. The van der Waals surface area contributed by atoms with Gasteiger partial charge in [0.1, 0.15) is 17.0 Å². The van der Waals surface area contributed by atoms with Crippen molar-refractivity contribution in [2.24, 2.45) is 11.7 Å². The van der Waals surface area contributed by atoms with E-state index in [4.69, 9.17) is 20.3 Å². The van der Waals surface area contributed by atoms with E-state index in [1.54, 1.807) is 6.92 Å². The molecule has 1 aromatic carbocycles. The monoisotopic (exact) mass is 337 g/mol. The minimum Gasteiger partial charge on any atom is -0.494 e. The number of aliphatic carboxylic acids is 1. The Morgan fingerprint density at radius 1 is 1.29 bits per heavy atom. The van der Waals surface area contributed by atoms with Gasteiger partial charge in [-0.15, -0.1) is 0 Å². The molecule has 0 saturated heterocycles. The molecule has 0 aliphatic carbocycles. The highest BCUT2D eigenvalue weighted by Gasteiger charge is 2.29. The van der Waals surface area contributed by atoms with Crippen molar-refractivity contribution >= 4 is 5.97 Å². The van der Waals surface area contributed by atoms with Gasteiger partial charge in [-0.1, -0.05) is 13.3 Å². The third-order valence-corrected chi connectivity index (χ3v) is 4.05. The Hall–Kier alpha value is -1.75. The van der Waals surface area contributed by atoms with Crippen LogP contribution in [0.1, 0.15) is 52.5 Å². The molecule has 0 heterocycles. The number of hydrogen-bond donors (Lipinski definition) is 2. The zero-order chi connectivity index (χ0) is 18.2. The molecule has 0 fully saturated rings. The largest absolute Gasteiger partial charge is 0.494 e. The van der Waals surface area contributed by atoms with E-state index in [2.05, 4.69) is 0 Å². The number of ether oxygens (including phenoxy) is 2. The van der Waals surface area contributed by atoms with Gasteiger partial charge in [0.2, 0.25) is 0 Å². The van der Waals surface area contributed by atoms with Gasteiger partial charge in [0.25, 0.3) is 0 Å². The van der Waals surface area contributed by atoms with Crippen molar-refractivity contribution in [3.63, 3.8) is 0 Å². The molecule has 1 aromatic rings. The standard InChI is InChI=1S/C19H31NO4/c1-5-23-16-10-11-17(24-6-2)15(12-16)9-7-8-14(3)13-19(4,20)18(21)22/h10-12,14H,5-9,13,20H2,1-4H3,(H,21,22). The molecule has 0 amide bonds. The van der Waals surface area contributed by atoms with Gasteiger partial charge >= 0.3 is 5.97 Å². The first-order chi connectivity index (χ1) is 11.3. The quantitative estimate of drug-likeness (QED) is 0.644. The van der Waals surface area contributed by atoms with Gasteiger partial charge in [0.05, 0.1) is 13.2 Å². The van der Waals surface area contributed by atoms with E-state index in [9.17, 15) is 4.79 Å². The molecule has 1 rings (SSSR count). The third kappa shape index (κ3) is 6.40. The molecule has 2 atom stereocenters. The lowest BCUT2D eigenvalue weighted by Gasteiger charge is -2.23. The Morgan fingerprint density at radius 3 is 2.54 bits per heavy atom. The van der Waals surface area contributed by atoms with Crippen LogP contribution in [-0.2, 0) is 11.2 Å². The molecule has 3 N–H and O–H groups in total. The van der Waals surface area contributed by atoms with Gasteiger partial charge < -0.3 is 20.3 Å². The second-order valence-corrected chi connectivity index (χ2v) is 6.56. The number of rotatable bonds is 11. The van der Waals surface area contributed by atoms with Crippen LogP contribution >= 0.6 is 0 Å². The number of benzene rings is 1. The van der Waals surface area contributed by atoms with Crippen LogP contribution < -0.4 is 15.2 Å². The van der Waals surface area contributed by atoms with E-state index < -0.39 is 11.5 Å². The Bertz CT molecular complexity index is 528. The van der Waals surface area contributed by atoms with Crippen LogP contribution in [0.5, 0.6) is 11.5 Å². The second-order valence-electron chi connectivity index (χ2n) is 6.56. The topological polar surface area (TPSA) is 81.8 Å². The van der Waals surface area contributed by atoms with Crippen molar-refractivity contribution in [2.45, 2.75) is 58.9 Å². The Kier molecular flexibility index (Phi) is 8.05. The summed E-state index contributed by atoms with van der Waals surface area (Å²) in [5.41, 5.74) is 5.79. The van der Waals surface area contributed by atoms with Crippen molar-refractivity contribution in [3.05, 3.63) is 23.8 Å². The van der Waals surface area contributed by atoms with E-state index in [0.717, 1.165) is 36.3 Å². The van der Waals surface area contributed by atoms with Crippen LogP contribution in [0.25, 0.3) is 0 Å². The predicted octanol–water partition coefficient (Wildman–Crippen LogP) is 3.63. The molecular formula is C19H31NO4. The molecule has 0 saturated carbocycles. The molecular weight excluding hydrogens is 306 g/mol. The van der Waals surface area contributed by atoms with Crippen LogP contribution in [0.3, 0.4) is 0 Å². The van der Waals surface area contributed by atoms with Crippen LogP contribution in [0.2, 0.25) is 0 Å². The highest BCUT2D eigenvalue weighted by atomic mass is 16.5. The molecule has 0 aliphatic heterocycles. The van der Waals surface area contributed by atoms with E-state index in [0.29, 0.717) is 19.6 Å². The summed E-state index contributed by atoms with van der Waals surface area (Å²) < 4.78 is 11.2. The SMILES string of the molecule is CCOc1ccc(OCC)c(CCCC(C)CC(C)(N)C(=O)O)c1. The highest BCUT2D eigenvalue weighted by molar-refractivity contribution is 5.77. The van der Waals surface area contributed by atoms with Gasteiger partial charge in [-0.2, -0.15) is 0 Å². The Morgan fingerprint density at radius 2 is 1.96 bits per heavy atom. The van der Waals surface area contributed by atoms with Crippen LogP contribution in [0, 0.1) is 5.92 Å². The fourth-order valence-electron chi connectivity index (χ4n) is 2.86. The predicted molar refractivity (Wildman–Crippen MR) is 95.7 cm³/mol. The molecule has 0 bridgehead atoms. The Labute approximate surface area is 145 Å². The van der Waals surface area contributed by atoms with Gasteiger partial charge in [0, 0.05) is 0 Å². The minimum absolute atomic E-state index is 0.252. The summed E-state index contributed by atoms with van der Waals surface area (Å²) in [5, 5.41) is 9.11. The summed E-state index contributed by atoms with van der Waals surface area (Å²) >= 11 is 0. The van der Waals surface area contributed by atoms with Crippen LogP contribution in [0.15, 0.2) is 18.2 Å². The highest BCUT2D eigenvalue weighted by Crippen LogP contribution is 2.27. The van der Waals surface area contributed by atoms with E-state index in [1.165, 1.54) is 0 Å². The summed E-state index contributed by atoms with van der Waals surface area (Å²) in [4.78, 5) is 11.1. The smallest absolute Gasteiger partial charge is 0.323 e. The molecule has 136 valence electrons. The number of carboxylic acid groups (broad SMARTS) is 1. The van der Waals surface area contributed by atoms with Crippen molar-refractivity contribution < 1.29 is 19.4 Å². The summed E-state index contributed by atoms with van der Waals surface area (Å²) in [5.74, 6) is 1.05. The van der Waals surface area contributed by atoms with Crippen molar-refractivity contribution in [2.75, 3.05) is 13.2 Å². The van der Waals surface area contributed by atoms with E-state index >= 15 is 0 Å². The number of aryl methyl sites for hydroxylation is 1. The average Bonchev–Trinajstić information content (AvgIpc) is 2.49. The van der Waals surface area contributed by atoms with E-state index in [1.807, 2.05) is 39.0 Å². The van der Waals surface area contributed by atoms with Gasteiger partial charge in [-0.05, 0) is 69.7 Å². The first-order valence-electron chi connectivity index (χ1n) is 8.71. The lowest BCUT2D eigenvalue weighted by Crippen LogP contribution is -2.46. The number of hydrogen-bond acceptors (Lipinski definition) is 4. The maximum absolute atomic E-state index is 11.1. The summed E-state index contributed by atoms with van der Waals surface area (Å²) in [6.07, 6.45) is 3.21. The molecule has 5 nitrogen and oxygen atoms in total. The molecule has 24 heavy (non-hydrogen) atoms. The fourth-order valence-corrected chi connectivity index (χ4v) is 2.86. The molecule has 2 unspecified atom stereocenters. The lowest BCUT2D eigenvalue weighted by molar-refractivity contribution is -0.143. The Balaban J connectivity index is 2.62. The number of carbonyl (C=O) groups is 1. The third-order valence-electron chi connectivity index (χ3n) is 4.05.